The van der Waals surface area contributed by atoms with E-state index in [1.165, 1.54) is 0 Å². The number of hydrogen-bond donors (Lipinski definition) is 1. The molecular formula is C4H9NS2. The average Bonchev–Trinajstić information content (AvgIpc) is 1.68. The maximum Gasteiger partial charge on any atom is 0.0488 e. The summed E-state index contributed by atoms with van der Waals surface area (Å²) in [6, 6.07) is 0. The monoisotopic (exact) mass is 135 g/mol. The van der Waals surface area contributed by atoms with Gasteiger partial charge < -0.3 is 5.73 Å². The van der Waals surface area contributed by atoms with Crippen LogP contribution in [0.2, 0.25) is 0 Å². The SMILES string of the molecule is CSC(=S)CCN. The molecule has 0 aromatic carbocycles. The molecular weight excluding hydrogens is 126 g/mol. The average molecular weight is 135 g/mol. The summed E-state index contributed by atoms with van der Waals surface area (Å²) in [6.07, 6.45) is 2.84. The quantitative estimate of drug-likeness (QED) is 0.573. The van der Waals surface area contributed by atoms with E-state index in [2.05, 4.69) is 0 Å². The summed E-state index contributed by atoms with van der Waals surface area (Å²) >= 11 is 6.44. The number of nitrogens with two attached hydrogens (primary N) is 1. The van der Waals surface area contributed by atoms with E-state index >= 15 is 0 Å². The highest BCUT2D eigenvalue weighted by molar-refractivity contribution is 8.22. The van der Waals surface area contributed by atoms with Crippen LogP contribution in [-0.2, 0) is 0 Å². The third kappa shape index (κ3) is 4.25. The second-order valence-electron chi connectivity index (χ2n) is 1.11. The van der Waals surface area contributed by atoms with E-state index < -0.39 is 0 Å². The van der Waals surface area contributed by atoms with Gasteiger partial charge in [-0.05, 0) is 12.8 Å². The normalized spacial score (nSPS) is 8.86. The maximum absolute atomic E-state index is 5.20. The van der Waals surface area contributed by atoms with E-state index in [9.17, 15) is 0 Å². The van der Waals surface area contributed by atoms with E-state index in [1.807, 2.05) is 6.26 Å². The van der Waals surface area contributed by atoms with Gasteiger partial charge in [-0.25, -0.2) is 0 Å². The fourth-order valence-corrected chi connectivity index (χ4v) is 0.660. The molecule has 0 heterocycles. The van der Waals surface area contributed by atoms with Crippen LogP contribution in [0.1, 0.15) is 6.42 Å². The smallest absolute Gasteiger partial charge is 0.0488 e. The molecule has 0 saturated heterocycles. The third-order valence-electron chi connectivity index (χ3n) is 0.576. The summed E-state index contributed by atoms with van der Waals surface area (Å²) in [5.74, 6) is 0. The van der Waals surface area contributed by atoms with Gasteiger partial charge >= 0.3 is 0 Å². The van der Waals surface area contributed by atoms with Crippen molar-refractivity contribution < 1.29 is 0 Å². The van der Waals surface area contributed by atoms with Gasteiger partial charge in [-0.15, -0.1) is 11.8 Å². The molecule has 7 heavy (non-hydrogen) atoms. The van der Waals surface area contributed by atoms with Crippen LogP contribution in [0.4, 0.5) is 0 Å². The van der Waals surface area contributed by atoms with Gasteiger partial charge in [0.05, 0.1) is 0 Å². The first-order valence-electron chi connectivity index (χ1n) is 2.08. The van der Waals surface area contributed by atoms with E-state index in [1.54, 1.807) is 11.8 Å². The molecule has 0 spiro atoms. The van der Waals surface area contributed by atoms with E-state index in [-0.39, 0.29) is 0 Å². The molecule has 0 aliphatic heterocycles. The molecule has 0 bridgehead atoms. The maximum atomic E-state index is 5.20. The molecule has 0 rings (SSSR count). The van der Waals surface area contributed by atoms with Gasteiger partial charge in [-0.3, -0.25) is 0 Å². The Bertz CT molecular complexity index is 62.7. The van der Waals surface area contributed by atoms with Gasteiger partial charge in [-0.1, -0.05) is 12.2 Å². The topological polar surface area (TPSA) is 26.0 Å². The van der Waals surface area contributed by atoms with Crippen LogP contribution >= 0.6 is 24.0 Å². The summed E-state index contributed by atoms with van der Waals surface area (Å²) in [5, 5.41) is 0. The molecule has 1 nitrogen and oxygen atoms in total. The minimum absolute atomic E-state index is 0.680. The first kappa shape index (κ1) is 7.40. The van der Waals surface area contributed by atoms with E-state index in [0.29, 0.717) is 6.54 Å². The standard InChI is InChI=1S/C4H9NS2/c1-7-4(6)2-3-5/h2-3,5H2,1H3. The minimum Gasteiger partial charge on any atom is -0.330 e. The van der Waals surface area contributed by atoms with Gasteiger partial charge in [0.15, 0.2) is 0 Å². The molecule has 0 saturated carbocycles. The van der Waals surface area contributed by atoms with Crippen LogP contribution in [-0.4, -0.2) is 17.0 Å². The van der Waals surface area contributed by atoms with Crippen molar-refractivity contribution in [3.05, 3.63) is 0 Å². The van der Waals surface area contributed by atoms with Crippen molar-refractivity contribution in [2.75, 3.05) is 12.8 Å². The fraction of sp³-hybridized carbons (Fsp3) is 0.750. The largest absolute Gasteiger partial charge is 0.330 e. The highest BCUT2D eigenvalue weighted by Gasteiger charge is 1.87. The van der Waals surface area contributed by atoms with Gasteiger partial charge in [0.1, 0.15) is 0 Å². The lowest BCUT2D eigenvalue weighted by Crippen LogP contribution is -2.02. The Balaban J connectivity index is 3.00. The zero-order valence-electron chi connectivity index (χ0n) is 4.31. The number of rotatable bonds is 2. The Morgan fingerprint density at radius 1 is 1.86 bits per heavy atom. The molecule has 42 valence electrons. The predicted octanol–water partition coefficient (Wildman–Crippen LogP) is 1.03. The molecule has 0 aromatic heterocycles. The second-order valence-corrected chi connectivity index (χ2v) is 2.77. The van der Waals surface area contributed by atoms with Crippen LogP contribution in [0.25, 0.3) is 0 Å². The summed E-state index contributed by atoms with van der Waals surface area (Å²) < 4.78 is 1.00. The highest BCUT2D eigenvalue weighted by Crippen LogP contribution is 1.99. The van der Waals surface area contributed by atoms with Crippen LogP contribution in [0.15, 0.2) is 0 Å². The van der Waals surface area contributed by atoms with Gasteiger partial charge in [-0.2, -0.15) is 0 Å². The zero-order valence-corrected chi connectivity index (χ0v) is 5.94. The van der Waals surface area contributed by atoms with Crippen molar-refractivity contribution in [1.82, 2.24) is 0 Å². The Labute approximate surface area is 53.7 Å². The van der Waals surface area contributed by atoms with Crippen molar-refractivity contribution in [1.29, 1.82) is 0 Å². The van der Waals surface area contributed by atoms with Crippen LogP contribution < -0.4 is 5.73 Å². The number of thiocarbonyl (C=S) groups is 1. The molecule has 0 aliphatic rings. The van der Waals surface area contributed by atoms with E-state index in [0.717, 1.165) is 10.6 Å². The lowest BCUT2D eigenvalue weighted by Gasteiger charge is -1.91. The first-order valence-corrected chi connectivity index (χ1v) is 3.71. The summed E-state index contributed by atoms with van der Waals surface area (Å²) in [6.45, 7) is 0.680. The lowest BCUT2D eigenvalue weighted by atomic mass is 10.5. The molecule has 0 atom stereocenters. The summed E-state index contributed by atoms with van der Waals surface area (Å²) in [4.78, 5) is 0. The highest BCUT2D eigenvalue weighted by atomic mass is 32.2. The van der Waals surface area contributed by atoms with Crippen molar-refractivity contribution in [3.63, 3.8) is 0 Å². The molecule has 3 heteroatoms. The molecule has 2 N–H and O–H groups in total. The van der Waals surface area contributed by atoms with Crippen molar-refractivity contribution >= 4 is 28.2 Å². The Hall–Kier alpha value is 0.400. The van der Waals surface area contributed by atoms with Crippen molar-refractivity contribution in [2.45, 2.75) is 6.42 Å². The van der Waals surface area contributed by atoms with Crippen molar-refractivity contribution in [2.24, 2.45) is 5.73 Å². The Morgan fingerprint density at radius 2 is 2.43 bits per heavy atom. The number of hydrogen-bond acceptors (Lipinski definition) is 3. The minimum atomic E-state index is 0.680. The fourth-order valence-electron chi connectivity index (χ4n) is 0.220. The molecule has 0 unspecified atom stereocenters. The van der Waals surface area contributed by atoms with Crippen molar-refractivity contribution in [3.8, 4) is 0 Å². The first-order chi connectivity index (χ1) is 3.31. The molecule has 0 aromatic rings. The summed E-state index contributed by atoms with van der Waals surface area (Å²) in [5.41, 5.74) is 5.20. The van der Waals surface area contributed by atoms with Crippen LogP contribution in [0.3, 0.4) is 0 Å². The van der Waals surface area contributed by atoms with Gasteiger partial charge in [0.2, 0.25) is 0 Å². The second kappa shape index (κ2) is 4.56. The Morgan fingerprint density at radius 3 is 2.57 bits per heavy atom. The van der Waals surface area contributed by atoms with Crippen LogP contribution in [0.5, 0.6) is 0 Å². The lowest BCUT2D eigenvalue weighted by molar-refractivity contribution is 1.06. The predicted molar refractivity (Wildman–Crippen MR) is 39.8 cm³/mol. The molecule has 0 fully saturated rings. The molecule has 0 radical (unpaired) electrons. The Kier molecular flexibility index (Phi) is 4.82. The van der Waals surface area contributed by atoms with E-state index in [4.69, 9.17) is 18.0 Å². The van der Waals surface area contributed by atoms with Gasteiger partial charge in [0, 0.05) is 10.6 Å². The zero-order chi connectivity index (χ0) is 5.70. The molecule has 0 aliphatic carbocycles. The molecule has 0 amide bonds. The van der Waals surface area contributed by atoms with Gasteiger partial charge in [0.25, 0.3) is 0 Å². The third-order valence-corrected chi connectivity index (χ3v) is 1.94. The number of thioether (sulfide) groups is 1. The summed E-state index contributed by atoms with van der Waals surface area (Å²) in [7, 11) is 0. The van der Waals surface area contributed by atoms with Crippen LogP contribution in [0, 0.1) is 0 Å².